The van der Waals surface area contributed by atoms with Crippen molar-refractivity contribution in [3.8, 4) is 11.5 Å². The fourth-order valence-corrected chi connectivity index (χ4v) is 4.37. The van der Waals surface area contributed by atoms with E-state index in [-0.39, 0.29) is 24.5 Å². The highest BCUT2D eigenvalue weighted by molar-refractivity contribution is 5.91. The fourth-order valence-electron chi connectivity index (χ4n) is 4.37. The maximum Gasteiger partial charge on any atom is 0.261 e. The van der Waals surface area contributed by atoms with E-state index in [2.05, 4.69) is 5.32 Å². The Hall–Kier alpha value is -3.02. The van der Waals surface area contributed by atoms with E-state index < -0.39 is 6.04 Å². The molecule has 2 aromatic carbocycles. The molecule has 2 amide bonds. The molecule has 158 valence electrons. The molecule has 0 aromatic heterocycles. The summed E-state index contributed by atoms with van der Waals surface area (Å²) in [7, 11) is 1.56. The van der Waals surface area contributed by atoms with Crippen molar-refractivity contribution in [2.75, 3.05) is 20.3 Å². The molecular formula is C24H28N2O4. The molecule has 6 heteroatoms. The largest absolute Gasteiger partial charge is 0.493 e. The zero-order chi connectivity index (χ0) is 20.9. The highest BCUT2D eigenvalue weighted by atomic mass is 16.5. The van der Waals surface area contributed by atoms with Gasteiger partial charge in [0.05, 0.1) is 7.11 Å². The normalized spacial score (nSPS) is 19.0. The molecule has 4 rings (SSSR count). The molecule has 1 saturated carbocycles. The quantitative estimate of drug-likeness (QED) is 0.797. The number of methoxy groups -OCH3 is 1. The molecule has 30 heavy (non-hydrogen) atoms. The summed E-state index contributed by atoms with van der Waals surface area (Å²) < 4.78 is 11.3. The van der Waals surface area contributed by atoms with Gasteiger partial charge >= 0.3 is 0 Å². The van der Waals surface area contributed by atoms with Crippen LogP contribution in [0.2, 0.25) is 0 Å². The molecule has 1 aliphatic carbocycles. The number of para-hydroxylation sites is 1. The number of carbonyl (C=O) groups is 2. The number of hydrogen-bond donors (Lipinski definition) is 1. The van der Waals surface area contributed by atoms with Crippen LogP contribution in [0.1, 0.15) is 42.9 Å². The highest BCUT2D eigenvalue weighted by Gasteiger charge is 2.38. The van der Waals surface area contributed by atoms with Gasteiger partial charge in [-0.1, -0.05) is 55.3 Å². The number of ether oxygens (including phenoxy) is 2. The number of benzene rings is 2. The number of amides is 2. The average Bonchev–Trinajstić information content (AvgIpc) is 3.23. The minimum absolute atomic E-state index is 0.116. The van der Waals surface area contributed by atoms with E-state index in [0.29, 0.717) is 30.0 Å². The average molecular weight is 408 g/mol. The summed E-state index contributed by atoms with van der Waals surface area (Å²) in [5.41, 5.74) is 1.79. The summed E-state index contributed by atoms with van der Waals surface area (Å²) in [5.74, 6) is 0.657. The lowest BCUT2D eigenvalue weighted by Crippen LogP contribution is -2.46. The molecule has 0 bridgehead atoms. The van der Waals surface area contributed by atoms with E-state index in [1.807, 2.05) is 42.5 Å². The predicted octanol–water partition coefficient (Wildman–Crippen LogP) is 3.26. The lowest BCUT2D eigenvalue weighted by Gasteiger charge is -2.30. The van der Waals surface area contributed by atoms with Crippen LogP contribution in [-0.2, 0) is 16.0 Å². The Kier molecular flexibility index (Phi) is 6.21. The molecule has 0 saturated heterocycles. The van der Waals surface area contributed by atoms with Gasteiger partial charge in [-0.3, -0.25) is 9.59 Å². The van der Waals surface area contributed by atoms with Gasteiger partial charge < -0.3 is 19.7 Å². The topological polar surface area (TPSA) is 67.9 Å². The van der Waals surface area contributed by atoms with Crippen molar-refractivity contribution >= 4 is 11.8 Å². The van der Waals surface area contributed by atoms with E-state index in [9.17, 15) is 9.59 Å². The minimum atomic E-state index is -0.741. The van der Waals surface area contributed by atoms with Crippen LogP contribution in [0.15, 0.2) is 48.5 Å². The summed E-state index contributed by atoms with van der Waals surface area (Å²) >= 11 is 0. The summed E-state index contributed by atoms with van der Waals surface area (Å²) in [6.45, 7) is 0.320. The molecule has 1 heterocycles. The first kappa shape index (κ1) is 20.3. The van der Waals surface area contributed by atoms with E-state index >= 15 is 0 Å². The SMILES string of the molecule is COc1cccc2c1OCC(=O)N(CCc1ccccc1)C2C(=O)NC1CCCC1. The molecule has 1 aliphatic heterocycles. The Bertz CT molecular complexity index is 893. The van der Waals surface area contributed by atoms with Crippen LogP contribution in [0.4, 0.5) is 0 Å². The standard InChI is InChI=1S/C24H28N2O4/c1-29-20-13-7-12-19-22(24(28)25-18-10-5-6-11-18)26(21(27)16-30-23(19)20)15-14-17-8-3-2-4-9-17/h2-4,7-9,12-13,18,22H,5-6,10-11,14-16H2,1H3,(H,25,28). The van der Waals surface area contributed by atoms with Crippen molar-refractivity contribution < 1.29 is 19.1 Å². The third-order valence-electron chi connectivity index (χ3n) is 5.93. The number of carbonyl (C=O) groups excluding carboxylic acids is 2. The lowest BCUT2D eigenvalue weighted by atomic mass is 10.0. The summed E-state index contributed by atoms with van der Waals surface area (Å²) in [5, 5.41) is 3.17. The number of fused-ring (bicyclic) bond motifs is 1. The van der Waals surface area contributed by atoms with Gasteiger partial charge in [0.25, 0.3) is 5.91 Å². The third-order valence-corrected chi connectivity index (χ3v) is 5.93. The van der Waals surface area contributed by atoms with Gasteiger partial charge in [-0.25, -0.2) is 0 Å². The minimum Gasteiger partial charge on any atom is -0.493 e. The summed E-state index contributed by atoms with van der Waals surface area (Å²) in [6, 6.07) is 14.9. The van der Waals surface area contributed by atoms with Crippen molar-refractivity contribution in [3.05, 3.63) is 59.7 Å². The van der Waals surface area contributed by atoms with Crippen LogP contribution < -0.4 is 14.8 Å². The molecule has 2 aromatic rings. The Morgan fingerprint density at radius 3 is 2.63 bits per heavy atom. The Balaban J connectivity index is 1.67. The second-order valence-corrected chi connectivity index (χ2v) is 7.88. The van der Waals surface area contributed by atoms with E-state index in [4.69, 9.17) is 9.47 Å². The first-order valence-electron chi connectivity index (χ1n) is 10.6. The van der Waals surface area contributed by atoms with Crippen LogP contribution in [0, 0.1) is 0 Å². The van der Waals surface area contributed by atoms with Gasteiger partial charge in [0.15, 0.2) is 18.1 Å². The van der Waals surface area contributed by atoms with Crippen LogP contribution in [0.3, 0.4) is 0 Å². The van der Waals surface area contributed by atoms with Crippen molar-refractivity contribution in [2.45, 2.75) is 44.2 Å². The molecule has 1 fully saturated rings. The monoisotopic (exact) mass is 408 g/mol. The van der Waals surface area contributed by atoms with Crippen LogP contribution in [0.5, 0.6) is 11.5 Å². The van der Waals surface area contributed by atoms with Crippen LogP contribution in [-0.4, -0.2) is 43.0 Å². The van der Waals surface area contributed by atoms with Gasteiger partial charge in [0.1, 0.15) is 6.04 Å². The highest BCUT2D eigenvalue weighted by Crippen LogP contribution is 2.39. The Morgan fingerprint density at radius 1 is 1.13 bits per heavy atom. The second kappa shape index (κ2) is 9.20. The number of nitrogens with zero attached hydrogens (tertiary/aromatic N) is 1. The van der Waals surface area contributed by atoms with Crippen molar-refractivity contribution in [1.82, 2.24) is 10.2 Å². The first-order valence-corrected chi connectivity index (χ1v) is 10.6. The summed E-state index contributed by atoms with van der Waals surface area (Å²) in [4.78, 5) is 28.1. The van der Waals surface area contributed by atoms with Gasteiger partial charge in [0.2, 0.25) is 5.91 Å². The van der Waals surface area contributed by atoms with E-state index in [0.717, 1.165) is 31.2 Å². The van der Waals surface area contributed by atoms with Crippen LogP contribution in [0.25, 0.3) is 0 Å². The number of rotatable bonds is 6. The van der Waals surface area contributed by atoms with Crippen molar-refractivity contribution in [1.29, 1.82) is 0 Å². The molecular weight excluding hydrogens is 380 g/mol. The molecule has 2 aliphatic rings. The van der Waals surface area contributed by atoms with Gasteiger partial charge in [-0.2, -0.15) is 0 Å². The van der Waals surface area contributed by atoms with Crippen molar-refractivity contribution in [3.63, 3.8) is 0 Å². The fraction of sp³-hybridized carbons (Fsp3) is 0.417. The number of nitrogens with one attached hydrogen (secondary N) is 1. The molecule has 0 radical (unpaired) electrons. The van der Waals surface area contributed by atoms with Gasteiger partial charge in [0, 0.05) is 18.2 Å². The molecule has 1 N–H and O–H groups in total. The third kappa shape index (κ3) is 4.27. The maximum atomic E-state index is 13.4. The zero-order valence-corrected chi connectivity index (χ0v) is 17.3. The smallest absolute Gasteiger partial charge is 0.261 e. The maximum absolute atomic E-state index is 13.4. The van der Waals surface area contributed by atoms with E-state index in [1.165, 1.54) is 0 Å². The first-order chi connectivity index (χ1) is 14.7. The predicted molar refractivity (Wildman–Crippen MR) is 113 cm³/mol. The molecule has 1 atom stereocenters. The Labute approximate surface area is 177 Å². The van der Waals surface area contributed by atoms with E-state index in [1.54, 1.807) is 18.1 Å². The molecule has 1 unspecified atom stereocenters. The van der Waals surface area contributed by atoms with Crippen molar-refractivity contribution in [2.24, 2.45) is 0 Å². The Morgan fingerprint density at radius 2 is 1.90 bits per heavy atom. The zero-order valence-electron chi connectivity index (χ0n) is 17.3. The second-order valence-electron chi connectivity index (χ2n) is 7.88. The molecule has 0 spiro atoms. The number of hydrogen-bond acceptors (Lipinski definition) is 4. The van der Waals surface area contributed by atoms with Crippen LogP contribution >= 0.6 is 0 Å². The summed E-state index contributed by atoms with van der Waals surface area (Å²) in [6.07, 6.45) is 4.88. The lowest BCUT2D eigenvalue weighted by molar-refractivity contribution is -0.141. The molecule has 6 nitrogen and oxygen atoms in total. The van der Waals surface area contributed by atoms with Gasteiger partial charge in [-0.15, -0.1) is 0 Å². The van der Waals surface area contributed by atoms with Gasteiger partial charge in [-0.05, 0) is 30.9 Å².